The molecule has 0 unspecified atom stereocenters. The van der Waals surface area contributed by atoms with E-state index in [-0.39, 0.29) is 30.2 Å². The Hall–Kier alpha value is -3.45. The number of alkyl halides is 5. The van der Waals surface area contributed by atoms with Crippen molar-refractivity contribution in [2.24, 2.45) is 0 Å². The maximum atomic E-state index is 13.6. The van der Waals surface area contributed by atoms with Gasteiger partial charge in [-0.3, -0.25) is 9.69 Å². The van der Waals surface area contributed by atoms with Crippen molar-refractivity contribution >= 4 is 23.2 Å². The van der Waals surface area contributed by atoms with Crippen molar-refractivity contribution in [1.29, 1.82) is 0 Å². The van der Waals surface area contributed by atoms with Gasteiger partial charge >= 0.3 is 12.3 Å². The van der Waals surface area contributed by atoms with E-state index in [1.807, 2.05) is 0 Å². The number of aromatic nitrogens is 1. The second-order valence-corrected chi connectivity index (χ2v) is 9.52. The molecule has 0 bridgehead atoms. The number of carbonyl (C=O) groups excluding carboxylic acids is 1. The number of rotatable bonds is 9. The number of anilines is 1. The first kappa shape index (κ1) is 29.5. The summed E-state index contributed by atoms with van der Waals surface area (Å²) in [5.41, 5.74) is 1.14. The van der Waals surface area contributed by atoms with E-state index in [0.717, 1.165) is 12.1 Å². The Morgan fingerprint density at radius 3 is 2.48 bits per heavy atom. The SMILES string of the molecule is Cc1onc(-c2ccccc2Cl)c1C(=O)NCCCN1CCN(c2ccc(F)cc2OC(F)(F)C(F)(F)F)CC1. The molecule has 0 saturated carbocycles. The normalized spacial score (nSPS) is 14.8. The highest BCUT2D eigenvalue weighted by Gasteiger charge is 2.61. The maximum Gasteiger partial charge on any atom is 0.499 e. The van der Waals surface area contributed by atoms with Crippen molar-refractivity contribution in [3.05, 3.63) is 64.6 Å². The maximum absolute atomic E-state index is 13.6. The predicted molar refractivity (Wildman–Crippen MR) is 135 cm³/mol. The Kier molecular flexibility index (Phi) is 8.83. The highest BCUT2D eigenvalue weighted by molar-refractivity contribution is 6.33. The topological polar surface area (TPSA) is 70.8 Å². The molecule has 0 atom stereocenters. The van der Waals surface area contributed by atoms with Gasteiger partial charge in [0.15, 0.2) is 5.75 Å². The van der Waals surface area contributed by atoms with Gasteiger partial charge in [-0.25, -0.2) is 4.39 Å². The molecule has 1 aromatic heterocycles. The van der Waals surface area contributed by atoms with Crippen LogP contribution in [0.15, 0.2) is 47.0 Å². The Bertz CT molecular complexity index is 1340. The van der Waals surface area contributed by atoms with Crippen molar-refractivity contribution in [2.75, 3.05) is 44.2 Å². The molecule has 4 rings (SSSR count). The standard InChI is InChI=1S/C26H25ClF6N4O3/c1-16-22(23(35-40-16)18-5-2-3-6-19(18)27)24(38)34-9-4-10-36-11-13-37(14-12-36)20-8-7-17(28)15-21(20)39-26(32,33)25(29,30)31/h2-3,5-8,15H,4,9-14H2,1H3,(H,34,38). The summed E-state index contributed by atoms with van der Waals surface area (Å²) in [5, 5.41) is 7.25. The van der Waals surface area contributed by atoms with Gasteiger partial charge in [-0.2, -0.15) is 22.0 Å². The first-order valence-electron chi connectivity index (χ1n) is 12.3. The lowest BCUT2D eigenvalue weighted by Crippen LogP contribution is -2.47. The number of carbonyl (C=O) groups is 1. The number of piperazine rings is 1. The summed E-state index contributed by atoms with van der Waals surface area (Å²) in [4.78, 5) is 16.5. The molecule has 1 aliphatic rings. The third-order valence-corrected chi connectivity index (χ3v) is 6.69. The number of hydrogen-bond acceptors (Lipinski definition) is 6. The van der Waals surface area contributed by atoms with Crippen LogP contribution in [-0.2, 0) is 0 Å². The molecule has 216 valence electrons. The average molecular weight is 591 g/mol. The Balaban J connectivity index is 1.29. The van der Waals surface area contributed by atoms with Crippen LogP contribution < -0.4 is 15.0 Å². The van der Waals surface area contributed by atoms with Crippen molar-refractivity contribution in [1.82, 2.24) is 15.4 Å². The van der Waals surface area contributed by atoms with Crippen molar-refractivity contribution < 1.29 is 40.4 Å². The van der Waals surface area contributed by atoms with Crippen LogP contribution in [0.4, 0.5) is 32.0 Å². The molecular weight excluding hydrogens is 566 g/mol. The predicted octanol–water partition coefficient (Wildman–Crippen LogP) is 5.92. The third kappa shape index (κ3) is 6.64. The zero-order valence-electron chi connectivity index (χ0n) is 21.2. The minimum absolute atomic E-state index is 0.0596. The molecule has 2 aromatic carbocycles. The second kappa shape index (κ2) is 12.0. The van der Waals surface area contributed by atoms with E-state index in [0.29, 0.717) is 60.7 Å². The lowest BCUT2D eigenvalue weighted by molar-refractivity contribution is -0.360. The smallest absolute Gasteiger partial charge is 0.423 e. The lowest BCUT2D eigenvalue weighted by atomic mass is 10.1. The molecule has 0 radical (unpaired) electrons. The van der Waals surface area contributed by atoms with E-state index >= 15 is 0 Å². The summed E-state index contributed by atoms with van der Waals surface area (Å²) < 4.78 is 87.6. The second-order valence-electron chi connectivity index (χ2n) is 9.11. The number of nitrogens with zero attached hydrogens (tertiary/aromatic N) is 3. The van der Waals surface area contributed by atoms with Gasteiger partial charge in [0.2, 0.25) is 0 Å². The van der Waals surface area contributed by atoms with Gasteiger partial charge in [0, 0.05) is 44.4 Å². The summed E-state index contributed by atoms with van der Waals surface area (Å²) in [6.07, 6.45) is -10.8. The molecule has 2 heterocycles. The number of aryl methyl sites for hydroxylation is 1. The fourth-order valence-corrected chi connectivity index (χ4v) is 4.53. The lowest BCUT2D eigenvalue weighted by Gasteiger charge is -2.37. The molecule has 1 N–H and O–H groups in total. The number of benzene rings is 2. The Morgan fingerprint density at radius 1 is 1.10 bits per heavy atom. The first-order chi connectivity index (χ1) is 18.9. The van der Waals surface area contributed by atoms with Crippen LogP contribution in [0.25, 0.3) is 11.3 Å². The summed E-state index contributed by atoms with van der Waals surface area (Å²) in [7, 11) is 0. The van der Waals surface area contributed by atoms with Crippen LogP contribution in [0.5, 0.6) is 5.75 Å². The van der Waals surface area contributed by atoms with Crippen LogP contribution in [0, 0.1) is 12.7 Å². The zero-order valence-corrected chi connectivity index (χ0v) is 22.0. The molecule has 1 saturated heterocycles. The molecule has 1 fully saturated rings. The molecule has 0 aliphatic carbocycles. The van der Waals surface area contributed by atoms with Crippen LogP contribution in [0.2, 0.25) is 5.02 Å². The Labute approximate surface area is 230 Å². The third-order valence-electron chi connectivity index (χ3n) is 6.36. The largest absolute Gasteiger partial charge is 0.499 e. The number of nitrogens with one attached hydrogen (secondary N) is 1. The molecule has 14 heteroatoms. The van der Waals surface area contributed by atoms with E-state index in [2.05, 4.69) is 20.1 Å². The zero-order chi connectivity index (χ0) is 29.1. The quantitative estimate of drug-likeness (QED) is 0.247. The van der Waals surface area contributed by atoms with Gasteiger partial charge in [-0.15, -0.1) is 0 Å². The van der Waals surface area contributed by atoms with Gasteiger partial charge in [0.25, 0.3) is 5.91 Å². The van der Waals surface area contributed by atoms with Gasteiger partial charge in [-0.05, 0) is 38.1 Å². The van der Waals surface area contributed by atoms with Crippen LogP contribution in [0.1, 0.15) is 22.5 Å². The van der Waals surface area contributed by atoms with Crippen molar-refractivity contribution in [2.45, 2.75) is 25.6 Å². The average Bonchev–Trinajstić information content (AvgIpc) is 3.27. The molecular formula is C26H25ClF6N4O3. The molecule has 7 nitrogen and oxygen atoms in total. The van der Waals surface area contributed by atoms with Gasteiger partial charge in [0.1, 0.15) is 22.8 Å². The summed E-state index contributed by atoms with van der Waals surface area (Å²) in [6, 6.07) is 9.55. The molecule has 1 aliphatic heterocycles. The van der Waals surface area contributed by atoms with Crippen LogP contribution in [0.3, 0.4) is 0 Å². The van der Waals surface area contributed by atoms with Crippen molar-refractivity contribution in [3.8, 4) is 17.0 Å². The van der Waals surface area contributed by atoms with E-state index in [9.17, 15) is 31.1 Å². The number of amides is 1. The van der Waals surface area contributed by atoms with Gasteiger partial charge in [-0.1, -0.05) is 35.0 Å². The minimum atomic E-state index is -5.95. The number of ether oxygens (including phenoxy) is 1. The monoisotopic (exact) mass is 590 g/mol. The summed E-state index contributed by atoms with van der Waals surface area (Å²) >= 11 is 6.24. The molecule has 40 heavy (non-hydrogen) atoms. The van der Waals surface area contributed by atoms with Crippen molar-refractivity contribution in [3.63, 3.8) is 0 Å². The Morgan fingerprint density at radius 2 is 1.80 bits per heavy atom. The van der Waals surface area contributed by atoms with Gasteiger partial charge in [0.05, 0.1) is 10.7 Å². The number of halogens is 7. The highest BCUT2D eigenvalue weighted by Crippen LogP contribution is 2.41. The fraction of sp³-hybridized carbons (Fsp3) is 0.385. The van der Waals surface area contributed by atoms with E-state index < -0.39 is 23.9 Å². The molecule has 1 amide bonds. The summed E-state index contributed by atoms with van der Waals surface area (Å²) in [6.45, 7) is 4.05. The minimum Gasteiger partial charge on any atom is -0.423 e. The number of hydrogen-bond donors (Lipinski definition) is 1. The van der Waals surface area contributed by atoms with E-state index in [1.54, 1.807) is 36.1 Å². The summed E-state index contributed by atoms with van der Waals surface area (Å²) in [5.74, 6) is -1.91. The van der Waals surface area contributed by atoms with Crippen LogP contribution in [-0.4, -0.2) is 67.5 Å². The van der Waals surface area contributed by atoms with Crippen LogP contribution >= 0.6 is 11.6 Å². The van der Waals surface area contributed by atoms with E-state index in [4.69, 9.17) is 16.1 Å². The highest BCUT2D eigenvalue weighted by atomic mass is 35.5. The van der Waals surface area contributed by atoms with Gasteiger partial charge < -0.3 is 19.5 Å². The molecule has 0 spiro atoms. The van der Waals surface area contributed by atoms with E-state index in [1.165, 1.54) is 0 Å². The molecule has 3 aromatic rings. The first-order valence-corrected chi connectivity index (χ1v) is 12.6. The fourth-order valence-electron chi connectivity index (χ4n) is 4.31.